The molecule has 10 heteroatoms. The molecule has 0 unspecified atom stereocenters. The number of hydrogen-bond acceptors (Lipinski definition) is 4. The van der Waals surface area contributed by atoms with E-state index in [-0.39, 0.29) is 29.6 Å². The minimum Gasteiger partial charge on any atom is -0.213 e. The molecule has 1 aliphatic rings. The van der Waals surface area contributed by atoms with Gasteiger partial charge in [-0.05, 0) is 24.6 Å². The normalized spacial score (nSPS) is 19.0. The van der Waals surface area contributed by atoms with Gasteiger partial charge in [-0.3, -0.25) is 0 Å². The summed E-state index contributed by atoms with van der Waals surface area (Å²) in [6.45, 7) is 0.841. The van der Waals surface area contributed by atoms with Gasteiger partial charge in [0.2, 0.25) is 20.0 Å². The highest BCUT2D eigenvalue weighted by atomic mass is 79.9. The van der Waals surface area contributed by atoms with E-state index >= 15 is 0 Å². The summed E-state index contributed by atoms with van der Waals surface area (Å²) in [4.78, 5) is 0.0326. The van der Waals surface area contributed by atoms with Gasteiger partial charge in [0.15, 0.2) is 0 Å². The second-order valence-corrected chi connectivity index (χ2v) is 10.2. The zero-order valence-electron chi connectivity index (χ0n) is 11.9. The van der Waals surface area contributed by atoms with Crippen LogP contribution in [0.1, 0.15) is 6.42 Å². The molecule has 2 rings (SSSR count). The van der Waals surface area contributed by atoms with Gasteiger partial charge < -0.3 is 0 Å². The fraction of sp³-hybridized carbons (Fsp3) is 0.500. The fourth-order valence-corrected chi connectivity index (χ4v) is 5.62. The highest BCUT2D eigenvalue weighted by molar-refractivity contribution is 9.10. The molecule has 0 saturated carbocycles. The maximum absolute atomic E-state index is 12.7. The zero-order valence-corrected chi connectivity index (χ0v) is 15.8. The third kappa shape index (κ3) is 4.01. The summed E-state index contributed by atoms with van der Waals surface area (Å²) in [5.74, 6) is 0. The predicted octanol–water partition coefficient (Wildman–Crippen LogP) is 1.76. The van der Waals surface area contributed by atoms with Gasteiger partial charge in [0, 0.05) is 30.7 Å². The van der Waals surface area contributed by atoms with Crippen LogP contribution in [0.25, 0.3) is 0 Å². The van der Waals surface area contributed by atoms with Crippen LogP contribution in [0.2, 0.25) is 5.02 Å². The van der Waals surface area contributed by atoms with Crippen LogP contribution in [0, 0.1) is 0 Å². The van der Waals surface area contributed by atoms with Crippen LogP contribution in [-0.4, -0.2) is 57.9 Å². The molecule has 0 N–H and O–H groups in total. The van der Waals surface area contributed by atoms with Crippen molar-refractivity contribution in [2.75, 3.05) is 32.4 Å². The van der Waals surface area contributed by atoms with E-state index in [9.17, 15) is 16.8 Å². The molecule has 1 heterocycles. The first-order valence-electron chi connectivity index (χ1n) is 6.53. The van der Waals surface area contributed by atoms with E-state index < -0.39 is 20.0 Å². The second-order valence-electron chi connectivity index (χ2n) is 4.99. The van der Waals surface area contributed by atoms with E-state index in [2.05, 4.69) is 15.9 Å². The van der Waals surface area contributed by atoms with E-state index in [0.29, 0.717) is 17.4 Å². The first kappa shape index (κ1) is 18.2. The van der Waals surface area contributed by atoms with Gasteiger partial charge in [0.1, 0.15) is 4.90 Å². The number of rotatable bonds is 3. The van der Waals surface area contributed by atoms with Crippen molar-refractivity contribution in [3.8, 4) is 0 Å². The molecule has 0 aliphatic carbocycles. The molecule has 0 aromatic heterocycles. The Hall–Kier alpha value is -0.190. The monoisotopic (exact) mass is 430 g/mol. The average molecular weight is 432 g/mol. The molecule has 0 atom stereocenters. The third-order valence-electron chi connectivity index (χ3n) is 3.39. The Morgan fingerprint density at radius 3 is 2.23 bits per heavy atom. The SMILES string of the molecule is CS(=O)(=O)N1CCCN(S(=O)(=O)c2ccc(Br)cc2Cl)CC1. The van der Waals surface area contributed by atoms with E-state index in [1.807, 2.05) is 0 Å². The lowest BCUT2D eigenvalue weighted by Crippen LogP contribution is -2.37. The highest BCUT2D eigenvalue weighted by Gasteiger charge is 2.30. The largest absolute Gasteiger partial charge is 0.244 e. The maximum atomic E-state index is 12.7. The Bertz CT molecular complexity index is 767. The lowest BCUT2D eigenvalue weighted by Gasteiger charge is -2.21. The maximum Gasteiger partial charge on any atom is 0.244 e. The van der Waals surface area contributed by atoms with Gasteiger partial charge in [0.25, 0.3) is 0 Å². The minimum absolute atomic E-state index is 0.0326. The molecule has 6 nitrogen and oxygen atoms in total. The molecule has 22 heavy (non-hydrogen) atoms. The van der Waals surface area contributed by atoms with Gasteiger partial charge in [-0.2, -0.15) is 4.31 Å². The van der Waals surface area contributed by atoms with Crippen LogP contribution in [0.4, 0.5) is 0 Å². The van der Waals surface area contributed by atoms with E-state index in [1.54, 1.807) is 6.07 Å². The lowest BCUT2D eigenvalue weighted by atomic mass is 10.4. The van der Waals surface area contributed by atoms with Crippen LogP contribution in [0.5, 0.6) is 0 Å². The Morgan fingerprint density at radius 1 is 1.05 bits per heavy atom. The summed E-state index contributed by atoms with van der Waals surface area (Å²) in [6, 6.07) is 4.58. The molecule has 0 spiro atoms. The quantitative estimate of drug-likeness (QED) is 0.731. The number of nitrogens with zero attached hydrogens (tertiary/aromatic N) is 2. The highest BCUT2D eigenvalue weighted by Crippen LogP contribution is 2.28. The molecule has 0 radical (unpaired) electrons. The number of sulfonamides is 2. The van der Waals surface area contributed by atoms with Gasteiger partial charge in [-0.1, -0.05) is 27.5 Å². The first-order chi connectivity index (χ1) is 10.1. The standard InChI is InChI=1S/C12H16BrClN2O4S2/c1-21(17,18)15-5-2-6-16(8-7-15)22(19,20)12-4-3-10(13)9-11(12)14/h3-4,9H,2,5-8H2,1H3. The van der Waals surface area contributed by atoms with Crippen molar-refractivity contribution in [1.29, 1.82) is 0 Å². The van der Waals surface area contributed by atoms with Crippen molar-refractivity contribution in [3.05, 3.63) is 27.7 Å². The Kier molecular flexibility index (Phi) is 5.56. The summed E-state index contributed by atoms with van der Waals surface area (Å²) in [7, 11) is -7.06. The van der Waals surface area contributed by atoms with E-state index in [4.69, 9.17) is 11.6 Å². The fourth-order valence-electron chi connectivity index (χ4n) is 2.27. The van der Waals surface area contributed by atoms with E-state index in [0.717, 1.165) is 6.26 Å². The van der Waals surface area contributed by atoms with Gasteiger partial charge >= 0.3 is 0 Å². The molecule has 1 fully saturated rings. The second kappa shape index (κ2) is 6.74. The van der Waals surface area contributed by atoms with E-state index in [1.165, 1.54) is 20.7 Å². The minimum atomic E-state index is -3.74. The third-order valence-corrected chi connectivity index (χ3v) is 7.57. The first-order valence-corrected chi connectivity index (χ1v) is 11.0. The van der Waals surface area contributed by atoms with Crippen LogP contribution >= 0.6 is 27.5 Å². The molecule has 0 amide bonds. The zero-order chi connectivity index (χ0) is 16.5. The van der Waals surface area contributed by atoms with Crippen molar-refractivity contribution >= 4 is 47.6 Å². The molecular weight excluding hydrogens is 416 g/mol. The summed E-state index contributed by atoms with van der Waals surface area (Å²) in [5.41, 5.74) is 0. The molecule has 1 aromatic carbocycles. The molecule has 124 valence electrons. The van der Waals surface area contributed by atoms with Crippen LogP contribution in [0.3, 0.4) is 0 Å². The van der Waals surface area contributed by atoms with Crippen LogP contribution < -0.4 is 0 Å². The summed E-state index contributed by atoms with van der Waals surface area (Å²) < 4.78 is 51.8. The summed E-state index contributed by atoms with van der Waals surface area (Å²) >= 11 is 9.27. The average Bonchev–Trinajstić information content (AvgIpc) is 2.63. The van der Waals surface area contributed by atoms with Crippen molar-refractivity contribution in [3.63, 3.8) is 0 Å². The van der Waals surface area contributed by atoms with Crippen LogP contribution in [0.15, 0.2) is 27.6 Å². The van der Waals surface area contributed by atoms with Crippen molar-refractivity contribution in [1.82, 2.24) is 8.61 Å². The molecule has 1 saturated heterocycles. The van der Waals surface area contributed by atoms with Gasteiger partial charge in [-0.25, -0.2) is 21.1 Å². The van der Waals surface area contributed by atoms with Gasteiger partial charge in [-0.15, -0.1) is 0 Å². The van der Waals surface area contributed by atoms with Crippen molar-refractivity contribution in [2.45, 2.75) is 11.3 Å². The summed E-state index contributed by atoms with van der Waals surface area (Å²) in [6.07, 6.45) is 1.57. The predicted molar refractivity (Wildman–Crippen MR) is 88.9 cm³/mol. The molecule has 0 bridgehead atoms. The summed E-state index contributed by atoms with van der Waals surface area (Å²) in [5, 5.41) is 0.138. The molecule has 1 aromatic rings. The van der Waals surface area contributed by atoms with Crippen molar-refractivity contribution < 1.29 is 16.8 Å². The molecular formula is C12H16BrClN2O4S2. The number of benzene rings is 1. The smallest absolute Gasteiger partial charge is 0.213 e. The number of halogens is 2. The Morgan fingerprint density at radius 2 is 1.64 bits per heavy atom. The topological polar surface area (TPSA) is 74.8 Å². The van der Waals surface area contributed by atoms with Crippen molar-refractivity contribution in [2.24, 2.45) is 0 Å². The Labute approximate surface area is 144 Å². The van der Waals surface area contributed by atoms with Gasteiger partial charge in [0.05, 0.1) is 11.3 Å². The Balaban J connectivity index is 2.27. The van der Waals surface area contributed by atoms with Crippen LogP contribution in [-0.2, 0) is 20.0 Å². The number of hydrogen-bond donors (Lipinski definition) is 0. The molecule has 1 aliphatic heterocycles. The lowest BCUT2D eigenvalue weighted by molar-refractivity contribution is 0.406.